The Labute approximate surface area is 122 Å². The quantitative estimate of drug-likeness (QED) is 0.562. The SMILES string of the molecule is CCC(=O)NCCC[N+](C)(C)CC(O)c1ccccc1. The molecule has 1 aromatic rings. The zero-order chi connectivity index (χ0) is 15.0. The summed E-state index contributed by atoms with van der Waals surface area (Å²) in [6.45, 7) is 4.15. The van der Waals surface area contributed by atoms with Crippen molar-refractivity contribution in [1.29, 1.82) is 0 Å². The molecule has 1 aromatic carbocycles. The molecular weight excluding hydrogens is 252 g/mol. The number of quaternary nitrogens is 1. The summed E-state index contributed by atoms with van der Waals surface area (Å²) in [6.07, 6.45) is 1.00. The first-order valence-electron chi connectivity index (χ1n) is 7.26. The Morgan fingerprint density at radius 1 is 1.30 bits per heavy atom. The molecule has 1 unspecified atom stereocenters. The van der Waals surface area contributed by atoms with Crippen molar-refractivity contribution in [2.24, 2.45) is 0 Å². The van der Waals surface area contributed by atoms with E-state index in [0.717, 1.165) is 23.0 Å². The standard InChI is InChI=1S/C16H26N2O2/c1-4-16(20)17-11-8-12-18(2,3)13-15(19)14-9-6-5-7-10-14/h5-7,9-10,15,19H,4,8,11-13H2,1-3H3/p+1. The minimum Gasteiger partial charge on any atom is -0.382 e. The normalized spacial score (nSPS) is 13.0. The predicted molar refractivity (Wildman–Crippen MR) is 81.2 cm³/mol. The van der Waals surface area contributed by atoms with Crippen molar-refractivity contribution < 1.29 is 14.4 Å². The van der Waals surface area contributed by atoms with Crippen molar-refractivity contribution in [2.75, 3.05) is 33.7 Å². The lowest BCUT2D eigenvalue weighted by Gasteiger charge is -2.32. The van der Waals surface area contributed by atoms with Crippen LogP contribution in [-0.2, 0) is 4.79 Å². The molecular formula is C16H27N2O2+. The van der Waals surface area contributed by atoms with Gasteiger partial charge < -0.3 is 14.9 Å². The fraction of sp³-hybridized carbons (Fsp3) is 0.562. The van der Waals surface area contributed by atoms with Gasteiger partial charge in [-0.15, -0.1) is 0 Å². The fourth-order valence-electron chi connectivity index (χ4n) is 2.20. The van der Waals surface area contributed by atoms with Crippen molar-refractivity contribution in [3.63, 3.8) is 0 Å². The van der Waals surface area contributed by atoms with Crippen LogP contribution in [0.4, 0.5) is 0 Å². The summed E-state index contributed by atoms with van der Waals surface area (Å²) >= 11 is 0. The average molecular weight is 279 g/mol. The number of likely N-dealkylation sites (N-methyl/N-ethyl adjacent to an activating group) is 1. The van der Waals surface area contributed by atoms with Crippen molar-refractivity contribution in [2.45, 2.75) is 25.9 Å². The smallest absolute Gasteiger partial charge is 0.219 e. The maximum Gasteiger partial charge on any atom is 0.219 e. The Morgan fingerprint density at radius 2 is 1.95 bits per heavy atom. The molecule has 1 amide bonds. The molecule has 0 aliphatic carbocycles. The van der Waals surface area contributed by atoms with Crippen LogP contribution < -0.4 is 5.32 Å². The molecule has 4 nitrogen and oxygen atoms in total. The number of aliphatic hydroxyl groups excluding tert-OH is 1. The van der Waals surface area contributed by atoms with E-state index in [4.69, 9.17) is 0 Å². The Balaban J connectivity index is 2.35. The van der Waals surface area contributed by atoms with E-state index in [1.807, 2.05) is 37.3 Å². The van der Waals surface area contributed by atoms with Crippen LogP contribution in [0.25, 0.3) is 0 Å². The Bertz CT molecular complexity index is 404. The molecule has 0 saturated heterocycles. The van der Waals surface area contributed by atoms with Crippen LogP contribution in [0.15, 0.2) is 30.3 Å². The van der Waals surface area contributed by atoms with Gasteiger partial charge in [0, 0.05) is 19.4 Å². The molecule has 0 aliphatic heterocycles. The Kier molecular flexibility index (Phi) is 6.68. The number of nitrogens with one attached hydrogen (secondary N) is 1. The van der Waals surface area contributed by atoms with Gasteiger partial charge in [-0.05, 0) is 5.56 Å². The molecule has 0 aromatic heterocycles. The van der Waals surface area contributed by atoms with Crippen molar-refractivity contribution in [3.05, 3.63) is 35.9 Å². The topological polar surface area (TPSA) is 49.3 Å². The van der Waals surface area contributed by atoms with Gasteiger partial charge >= 0.3 is 0 Å². The first-order valence-corrected chi connectivity index (χ1v) is 7.26. The van der Waals surface area contributed by atoms with E-state index in [-0.39, 0.29) is 5.91 Å². The number of hydrogen-bond acceptors (Lipinski definition) is 2. The number of carbonyl (C=O) groups is 1. The molecule has 112 valence electrons. The monoisotopic (exact) mass is 279 g/mol. The number of benzene rings is 1. The van der Waals surface area contributed by atoms with Gasteiger partial charge in [0.25, 0.3) is 0 Å². The summed E-state index contributed by atoms with van der Waals surface area (Å²) in [5, 5.41) is 13.1. The van der Waals surface area contributed by atoms with Crippen molar-refractivity contribution >= 4 is 5.91 Å². The number of rotatable bonds is 8. The second kappa shape index (κ2) is 8.02. The second-order valence-corrected chi connectivity index (χ2v) is 5.83. The van der Waals surface area contributed by atoms with Crippen LogP contribution in [0.2, 0.25) is 0 Å². The summed E-state index contributed by atoms with van der Waals surface area (Å²) in [4.78, 5) is 11.1. The second-order valence-electron chi connectivity index (χ2n) is 5.83. The van der Waals surface area contributed by atoms with Crippen LogP contribution in [0.5, 0.6) is 0 Å². The Hall–Kier alpha value is -1.39. The highest BCUT2D eigenvalue weighted by atomic mass is 16.3. The summed E-state index contributed by atoms with van der Waals surface area (Å²) in [5.41, 5.74) is 0.956. The van der Waals surface area contributed by atoms with E-state index in [1.54, 1.807) is 0 Å². The third-order valence-electron chi connectivity index (χ3n) is 3.44. The van der Waals surface area contributed by atoms with Crippen LogP contribution in [0.1, 0.15) is 31.4 Å². The zero-order valence-electron chi connectivity index (χ0n) is 12.8. The summed E-state index contributed by atoms with van der Waals surface area (Å²) in [5.74, 6) is 0.0969. The largest absolute Gasteiger partial charge is 0.382 e. The number of aliphatic hydroxyl groups is 1. The fourth-order valence-corrected chi connectivity index (χ4v) is 2.20. The van der Waals surface area contributed by atoms with Crippen LogP contribution in [-0.4, -0.2) is 49.2 Å². The molecule has 0 spiro atoms. The van der Waals surface area contributed by atoms with Gasteiger partial charge in [0.2, 0.25) is 5.91 Å². The van der Waals surface area contributed by atoms with Crippen molar-refractivity contribution in [1.82, 2.24) is 5.32 Å². The minimum atomic E-state index is -0.448. The summed E-state index contributed by atoms with van der Waals surface area (Å²) in [6, 6.07) is 9.74. The maximum absolute atomic E-state index is 11.1. The highest BCUT2D eigenvalue weighted by Gasteiger charge is 2.21. The molecule has 1 rings (SSSR count). The number of hydrogen-bond donors (Lipinski definition) is 2. The molecule has 4 heteroatoms. The molecule has 0 aliphatic rings. The molecule has 0 saturated carbocycles. The van der Waals surface area contributed by atoms with E-state index < -0.39 is 6.10 Å². The average Bonchev–Trinajstić information content (AvgIpc) is 2.43. The summed E-state index contributed by atoms with van der Waals surface area (Å²) in [7, 11) is 4.21. The molecule has 0 radical (unpaired) electrons. The van der Waals surface area contributed by atoms with Gasteiger partial charge in [-0.2, -0.15) is 0 Å². The van der Waals surface area contributed by atoms with Gasteiger partial charge in [-0.3, -0.25) is 4.79 Å². The Morgan fingerprint density at radius 3 is 2.55 bits per heavy atom. The number of carbonyl (C=O) groups excluding carboxylic acids is 1. The number of amides is 1. The van der Waals surface area contributed by atoms with E-state index in [1.165, 1.54) is 0 Å². The van der Waals surface area contributed by atoms with Gasteiger partial charge in [0.05, 0.1) is 20.6 Å². The molecule has 2 N–H and O–H groups in total. The van der Waals surface area contributed by atoms with E-state index >= 15 is 0 Å². The first-order chi connectivity index (χ1) is 9.44. The predicted octanol–water partition coefficient (Wildman–Crippen LogP) is 1.71. The molecule has 0 fully saturated rings. The molecule has 0 bridgehead atoms. The molecule has 1 atom stereocenters. The van der Waals surface area contributed by atoms with Crippen molar-refractivity contribution in [3.8, 4) is 0 Å². The van der Waals surface area contributed by atoms with Gasteiger partial charge in [-0.1, -0.05) is 37.3 Å². The third kappa shape index (κ3) is 6.17. The first kappa shape index (κ1) is 16.7. The van der Waals surface area contributed by atoms with Crippen LogP contribution >= 0.6 is 0 Å². The van der Waals surface area contributed by atoms with Crippen LogP contribution in [0.3, 0.4) is 0 Å². The highest BCUT2D eigenvalue weighted by molar-refractivity contribution is 5.75. The van der Waals surface area contributed by atoms with E-state index in [9.17, 15) is 9.90 Å². The maximum atomic E-state index is 11.1. The van der Waals surface area contributed by atoms with Gasteiger partial charge in [0.1, 0.15) is 12.6 Å². The highest BCUT2D eigenvalue weighted by Crippen LogP contribution is 2.16. The third-order valence-corrected chi connectivity index (χ3v) is 3.44. The lowest BCUT2D eigenvalue weighted by molar-refractivity contribution is -0.894. The van der Waals surface area contributed by atoms with E-state index in [0.29, 0.717) is 19.5 Å². The lowest BCUT2D eigenvalue weighted by atomic mass is 10.1. The molecule has 20 heavy (non-hydrogen) atoms. The van der Waals surface area contributed by atoms with Crippen LogP contribution in [0, 0.1) is 0 Å². The van der Waals surface area contributed by atoms with E-state index in [2.05, 4.69) is 19.4 Å². The lowest BCUT2D eigenvalue weighted by Crippen LogP contribution is -2.44. The zero-order valence-corrected chi connectivity index (χ0v) is 12.8. The molecule has 0 heterocycles. The summed E-state index contributed by atoms with van der Waals surface area (Å²) < 4.78 is 0.734. The minimum absolute atomic E-state index is 0.0969. The number of nitrogens with zero attached hydrogens (tertiary/aromatic N) is 1. The van der Waals surface area contributed by atoms with Gasteiger partial charge in [0.15, 0.2) is 0 Å². The van der Waals surface area contributed by atoms with Gasteiger partial charge in [-0.25, -0.2) is 0 Å².